The smallest absolute Gasteiger partial charge is 0.332 e. The molecule has 0 aromatic heterocycles. The molecule has 30 heavy (non-hydrogen) atoms. The molecule has 0 unspecified atom stereocenters. The topological polar surface area (TPSA) is 95.1 Å². The van der Waals surface area contributed by atoms with Crippen LogP contribution in [-0.2, 0) is 19.4 Å². The second-order valence-electron chi connectivity index (χ2n) is 8.59. The first-order valence-corrected chi connectivity index (χ1v) is 12.0. The highest BCUT2D eigenvalue weighted by atomic mass is 32.2. The van der Waals surface area contributed by atoms with Crippen LogP contribution in [-0.4, -0.2) is 72.7 Å². The van der Waals surface area contributed by atoms with E-state index in [9.17, 15) is 22.8 Å². The SMILES string of the molecule is Cc1ccc(N2C(=O)N(CC(=O)N(CC(C)C)[C@H]3CCS(=O)(=O)C3)C(=O)[C@@H]2C)cc1. The Balaban J connectivity index is 1.79. The maximum absolute atomic E-state index is 13.1. The summed E-state index contributed by atoms with van der Waals surface area (Å²) in [6.07, 6.45) is 0.384. The molecular formula is C21H29N3O5S. The molecule has 0 radical (unpaired) electrons. The van der Waals surface area contributed by atoms with E-state index in [2.05, 4.69) is 0 Å². The maximum Gasteiger partial charge on any atom is 0.332 e. The van der Waals surface area contributed by atoms with E-state index in [0.717, 1.165) is 10.5 Å². The second kappa shape index (κ2) is 8.37. The minimum absolute atomic E-state index is 0.0549. The number of amides is 4. The highest BCUT2D eigenvalue weighted by Crippen LogP contribution is 2.27. The van der Waals surface area contributed by atoms with Gasteiger partial charge in [-0.05, 0) is 38.3 Å². The van der Waals surface area contributed by atoms with E-state index >= 15 is 0 Å². The predicted octanol–water partition coefficient (Wildman–Crippen LogP) is 1.82. The van der Waals surface area contributed by atoms with Gasteiger partial charge in [0.1, 0.15) is 12.6 Å². The van der Waals surface area contributed by atoms with Gasteiger partial charge in [0.25, 0.3) is 5.91 Å². The molecule has 1 aromatic carbocycles. The number of aryl methyl sites for hydroxylation is 1. The average Bonchev–Trinajstić information content (AvgIpc) is 3.12. The Bertz CT molecular complexity index is 942. The van der Waals surface area contributed by atoms with E-state index < -0.39 is 39.8 Å². The molecule has 2 heterocycles. The third-order valence-corrected chi connectivity index (χ3v) is 7.33. The molecule has 3 rings (SSSR count). The second-order valence-corrected chi connectivity index (χ2v) is 10.8. The molecule has 164 valence electrons. The lowest BCUT2D eigenvalue weighted by molar-refractivity contribution is -0.138. The van der Waals surface area contributed by atoms with Crippen molar-refractivity contribution in [2.24, 2.45) is 5.92 Å². The van der Waals surface area contributed by atoms with Crippen LogP contribution in [0.3, 0.4) is 0 Å². The Labute approximate surface area is 177 Å². The summed E-state index contributed by atoms with van der Waals surface area (Å²) in [6, 6.07) is 5.61. The number of hydrogen-bond donors (Lipinski definition) is 0. The Morgan fingerprint density at radius 3 is 2.37 bits per heavy atom. The summed E-state index contributed by atoms with van der Waals surface area (Å²) in [5, 5.41) is 0. The van der Waals surface area contributed by atoms with E-state index in [1.165, 1.54) is 9.80 Å². The third kappa shape index (κ3) is 4.50. The van der Waals surface area contributed by atoms with Crippen LogP contribution in [0.2, 0.25) is 0 Å². The van der Waals surface area contributed by atoms with Crippen molar-refractivity contribution in [3.05, 3.63) is 29.8 Å². The Hall–Kier alpha value is -2.42. The number of rotatable bonds is 6. The van der Waals surface area contributed by atoms with Crippen molar-refractivity contribution in [1.82, 2.24) is 9.80 Å². The van der Waals surface area contributed by atoms with Gasteiger partial charge in [0.15, 0.2) is 9.84 Å². The molecule has 2 fully saturated rings. The van der Waals surface area contributed by atoms with Gasteiger partial charge >= 0.3 is 6.03 Å². The van der Waals surface area contributed by atoms with E-state index in [1.54, 1.807) is 19.1 Å². The average molecular weight is 436 g/mol. The van der Waals surface area contributed by atoms with Crippen molar-refractivity contribution in [1.29, 1.82) is 0 Å². The van der Waals surface area contributed by atoms with E-state index in [1.807, 2.05) is 32.9 Å². The van der Waals surface area contributed by atoms with E-state index in [-0.39, 0.29) is 24.0 Å². The summed E-state index contributed by atoms with van der Waals surface area (Å²) in [4.78, 5) is 42.7. The summed E-state index contributed by atoms with van der Waals surface area (Å²) in [7, 11) is -3.17. The fourth-order valence-electron chi connectivity index (χ4n) is 4.01. The van der Waals surface area contributed by atoms with Gasteiger partial charge in [-0.1, -0.05) is 31.5 Å². The molecule has 2 atom stereocenters. The van der Waals surface area contributed by atoms with Crippen LogP contribution in [0.1, 0.15) is 32.8 Å². The van der Waals surface area contributed by atoms with Crippen LogP contribution in [0, 0.1) is 12.8 Å². The highest BCUT2D eigenvalue weighted by molar-refractivity contribution is 7.91. The van der Waals surface area contributed by atoms with Crippen LogP contribution in [0.25, 0.3) is 0 Å². The van der Waals surface area contributed by atoms with Crippen LogP contribution in [0.5, 0.6) is 0 Å². The molecule has 2 aliphatic heterocycles. The molecule has 0 bridgehead atoms. The van der Waals surface area contributed by atoms with Crippen LogP contribution >= 0.6 is 0 Å². The summed E-state index contributed by atoms with van der Waals surface area (Å²) >= 11 is 0. The molecule has 8 nitrogen and oxygen atoms in total. The van der Waals surface area contributed by atoms with Gasteiger partial charge < -0.3 is 4.90 Å². The monoisotopic (exact) mass is 435 g/mol. The van der Waals surface area contributed by atoms with Crippen molar-refractivity contribution in [3.8, 4) is 0 Å². The zero-order valence-corrected chi connectivity index (χ0v) is 18.7. The van der Waals surface area contributed by atoms with Gasteiger partial charge in [0.05, 0.1) is 11.5 Å². The minimum atomic E-state index is -3.17. The van der Waals surface area contributed by atoms with Gasteiger partial charge in [0.2, 0.25) is 5.91 Å². The third-order valence-electron chi connectivity index (χ3n) is 5.58. The summed E-state index contributed by atoms with van der Waals surface area (Å²) < 4.78 is 23.8. The first-order chi connectivity index (χ1) is 14.0. The molecule has 0 saturated carbocycles. The van der Waals surface area contributed by atoms with Gasteiger partial charge in [-0.25, -0.2) is 13.2 Å². The lowest BCUT2D eigenvalue weighted by Gasteiger charge is -2.31. The van der Waals surface area contributed by atoms with Crippen molar-refractivity contribution in [2.45, 2.75) is 46.2 Å². The Morgan fingerprint density at radius 1 is 1.20 bits per heavy atom. The molecule has 2 saturated heterocycles. The fraction of sp³-hybridized carbons (Fsp3) is 0.571. The minimum Gasteiger partial charge on any atom is -0.337 e. The fourth-order valence-corrected chi connectivity index (χ4v) is 5.74. The first-order valence-electron chi connectivity index (χ1n) is 10.2. The molecule has 1 aromatic rings. The number of urea groups is 1. The summed E-state index contributed by atoms with van der Waals surface area (Å²) in [5.41, 5.74) is 1.63. The zero-order chi connectivity index (χ0) is 22.2. The Morgan fingerprint density at radius 2 is 1.83 bits per heavy atom. The van der Waals surface area contributed by atoms with Crippen molar-refractivity contribution < 1.29 is 22.8 Å². The molecule has 0 N–H and O–H groups in total. The van der Waals surface area contributed by atoms with Crippen LogP contribution < -0.4 is 4.90 Å². The van der Waals surface area contributed by atoms with E-state index in [4.69, 9.17) is 0 Å². The molecule has 0 aliphatic carbocycles. The molecular weight excluding hydrogens is 406 g/mol. The molecule has 2 aliphatic rings. The normalized spacial score (nSPS) is 23.5. The standard InChI is InChI=1S/C21H29N3O5S/c1-14(2)11-22(18-9-10-30(28,29)13-18)19(25)12-23-20(26)16(4)24(21(23)27)17-7-5-15(3)6-8-17/h5-8,14,16,18H,9-13H2,1-4H3/t16-,18-/m0/s1. The first kappa shape index (κ1) is 22.3. The van der Waals surface area contributed by atoms with Crippen molar-refractivity contribution >= 4 is 33.4 Å². The lowest BCUT2D eigenvalue weighted by atomic mass is 10.1. The molecule has 0 spiro atoms. The predicted molar refractivity (Wildman–Crippen MR) is 114 cm³/mol. The number of carbonyl (C=O) groups is 3. The van der Waals surface area contributed by atoms with Crippen molar-refractivity contribution in [3.63, 3.8) is 0 Å². The number of anilines is 1. The number of nitrogens with zero attached hydrogens (tertiary/aromatic N) is 3. The summed E-state index contributed by atoms with van der Waals surface area (Å²) in [6.45, 7) is 7.45. The van der Waals surface area contributed by atoms with E-state index in [0.29, 0.717) is 18.7 Å². The largest absolute Gasteiger partial charge is 0.337 e. The zero-order valence-electron chi connectivity index (χ0n) is 17.9. The maximum atomic E-state index is 13.1. The van der Waals surface area contributed by atoms with Gasteiger partial charge in [-0.3, -0.25) is 19.4 Å². The molecule has 4 amide bonds. The van der Waals surface area contributed by atoms with Crippen LogP contribution in [0.4, 0.5) is 10.5 Å². The highest BCUT2D eigenvalue weighted by Gasteiger charge is 2.45. The van der Waals surface area contributed by atoms with Crippen molar-refractivity contribution in [2.75, 3.05) is 29.5 Å². The van der Waals surface area contributed by atoms with Gasteiger partial charge in [-0.15, -0.1) is 0 Å². The quantitative estimate of drug-likeness (QED) is 0.635. The van der Waals surface area contributed by atoms with Gasteiger partial charge in [-0.2, -0.15) is 0 Å². The number of sulfone groups is 1. The van der Waals surface area contributed by atoms with Gasteiger partial charge in [0, 0.05) is 18.3 Å². The number of imide groups is 1. The van der Waals surface area contributed by atoms with Crippen LogP contribution in [0.15, 0.2) is 24.3 Å². The summed E-state index contributed by atoms with van der Waals surface area (Å²) in [5.74, 6) is -0.716. The molecule has 9 heteroatoms. The Kier molecular flexibility index (Phi) is 6.21. The number of hydrogen-bond acceptors (Lipinski definition) is 5. The lowest BCUT2D eigenvalue weighted by Crippen LogP contribution is -2.49. The number of benzene rings is 1. The number of carbonyl (C=O) groups excluding carboxylic acids is 3.